The zero-order valence-electron chi connectivity index (χ0n) is 18.3. The molecular weight excluding hydrogens is 442 g/mol. The molecule has 174 valence electrons. The third-order valence-corrected chi connectivity index (χ3v) is 7.82. The summed E-state index contributed by atoms with van der Waals surface area (Å²) in [6, 6.07) is 4.44. The van der Waals surface area contributed by atoms with Crippen LogP contribution in [0.15, 0.2) is 23.1 Å². The van der Waals surface area contributed by atoms with Crippen LogP contribution in [0, 0.1) is 0 Å². The lowest BCUT2D eigenvalue weighted by Gasteiger charge is -2.22. The second-order valence-electron chi connectivity index (χ2n) is 8.32. The fourth-order valence-electron chi connectivity index (χ4n) is 4.19. The second kappa shape index (κ2) is 9.89. The van der Waals surface area contributed by atoms with Crippen LogP contribution in [0.2, 0.25) is 0 Å². The van der Waals surface area contributed by atoms with E-state index in [4.69, 9.17) is 4.55 Å². The fourth-order valence-corrected chi connectivity index (χ4v) is 5.19. The van der Waals surface area contributed by atoms with Crippen molar-refractivity contribution in [3.8, 4) is 0 Å². The molecule has 1 atom stereocenters. The van der Waals surface area contributed by atoms with Gasteiger partial charge >= 0.3 is 0 Å². The Bertz CT molecular complexity index is 1070. The maximum absolute atomic E-state index is 11.7. The Balaban J connectivity index is 2.30. The normalized spacial score (nSPS) is 19.0. The minimum atomic E-state index is -4.37. The minimum Gasteiger partial charge on any atom is -0.300 e. The van der Waals surface area contributed by atoms with Gasteiger partial charge in [0, 0.05) is 37.8 Å². The van der Waals surface area contributed by atoms with E-state index in [1.54, 1.807) is 6.07 Å². The number of hydrogen-bond acceptors (Lipinski definition) is 5. The van der Waals surface area contributed by atoms with Gasteiger partial charge in [0.15, 0.2) is 5.71 Å². The van der Waals surface area contributed by atoms with Crippen molar-refractivity contribution in [1.82, 2.24) is 0 Å². The summed E-state index contributed by atoms with van der Waals surface area (Å²) < 4.78 is 66.1. The van der Waals surface area contributed by atoms with Gasteiger partial charge in [-0.1, -0.05) is 19.8 Å². The molecule has 1 aromatic rings. The van der Waals surface area contributed by atoms with Gasteiger partial charge in [0.1, 0.15) is 12.3 Å². The summed E-state index contributed by atoms with van der Waals surface area (Å²) in [4.78, 5) is 11.3. The van der Waals surface area contributed by atoms with Crippen molar-refractivity contribution in [2.75, 3.05) is 12.3 Å². The van der Waals surface area contributed by atoms with E-state index in [1.165, 1.54) is 12.1 Å². The van der Waals surface area contributed by atoms with Crippen LogP contribution in [0.4, 0.5) is 5.69 Å². The van der Waals surface area contributed by atoms with Crippen LogP contribution in [-0.2, 0) is 30.4 Å². The van der Waals surface area contributed by atoms with Crippen LogP contribution in [0.5, 0.6) is 0 Å². The van der Waals surface area contributed by atoms with Gasteiger partial charge in [0.05, 0.1) is 16.1 Å². The van der Waals surface area contributed by atoms with Crippen molar-refractivity contribution in [2.45, 2.75) is 76.0 Å². The molecule has 0 saturated carbocycles. The number of carbonyl (C=O) groups is 1. The highest BCUT2D eigenvalue weighted by Crippen LogP contribution is 2.44. The molecule has 0 aromatic heterocycles. The molecule has 0 fully saturated rings. The van der Waals surface area contributed by atoms with Crippen molar-refractivity contribution < 1.29 is 35.3 Å². The Morgan fingerprint density at radius 3 is 2.32 bits per heavy atom. The Morgan fingerprint density at radius 1 is 1.06 bits per heavy atom. The molecule has 8 nitrogen and oxygen atoms in total. The van der Waals surface area contributed by atoms with Crippen LogP contribution in [-0.4, -0.2) is 54.3 Å². The lowest BCUT2D eigenvalue weighted by atomic mass is 9.76. The van der Waals surface area contributed by atoms with E-state index >= 15 is 0 Å². The number of nitrogens with zero attached hydrogens (tertiary/aromatic N) is 1. The summed E-state index contributed by atoms with van der Waals surface area (Å²) in [6.07, 6.45) is 4.53. The minimum absolute atomic E-state index is 0.182. The first-order valence-electron chi connectivity index (χ1n) is 10.5. The zero-order chi connectivity index (χ0) is 23.4. The van der Waals surface area contributed by atoms with Gasteiger partial charge in [-0.15, -0.1) is 0 Å². The van der Waals surface area contributed by atoms with Crippen LogP contribution < -0.4 is 0 Å². The number of carbonyl (C=O) groups excluding carboxylic acids is 1. The molecule has 0 saturated heterocycles. The monoisotopic (exact) mass is 474 g/mol. The molecule has 0 amide bonds. The lowest BCUT2D eigenvalue weighted by Crippen LogP contribution is -2.30. The average molecular weight is 475 g/mol. The van der Waals surface area contributed by atoms with E-state index in [1.807, 2.05) is 25.3 Å². The van der Waals surface area contributed by atoms with Crippen molar-refractivity contribution in [3.05, 3.63) is 23.8 Å². The highest BCUT2D eigenvalue weighted by Gasteiger charge is 2.46. The molecule has 0 bridgehead atoms. The molecule has 1 unspecified atom stereocenters. The Morgan fingerprint density at radius 2 is 1.74 bits per heavy atom. The van der Waals surface area contributed by atoms with Gasteiger partial charge in [-0.2, -0.15) is 21.4 Å². The molecule has 1 heterocycles. The Kier molecular flexibility index (Phi) is 8.18. The predicted octanol–water partition coefficient (Wildman–Crippen LogP) is 3.52. The van der Waals surface area contributed by atoms with Gasteiger partial charge in [0.2, 0.25) is 5.69 Å². The van der Waals surface area contributed by atoms with E-state index in [2.05, 4.69) is 0 Å². The molecule has 1 aromatic carbocycles. The summed E-state index contributed by atoms with van der Waals surface area (Å²) in [5, 5.41) is 0. The summed E-state index contributed by atoms with van der Waals surface area (Å²) in [6.45, 7) is 6.14. The van der Waals surface area contributed by atoms with Crippen LogP contribution in [0.25, 0.3) is 0 Å². The molecule has 0 aliphatic carbocycles. The molecule has 10 heteroatoms. The van der Waals surface area contributed by atoms with Gasteiger partial charge < -0.3 is 0 Å². The second-order valence-corrected chi connectivity index (χ2v) is 11.3. The first-order valence-corrected chi connectivity index (χ1v) is 13.5. The molecule has 31 heavy (non-hydrogen) atoms. The molecule has 0 spiro atoms. The molecular formula is C21H32NO7S2+. The van der Waals surface area contributed by atoms with Crippen LogP contribution in [0.1, 0.15) is 71.3 Å². The van der Waals surface area contributed by atoms with Crippen LogP contribution in [0.3, 0.4) is 0 Å². The molecule has 0 radical (unpaired) electrons. The van der Waals surface area contributed by atoms with E-state index < -0.39 is 25.7 Å². The van der Waals surface area contributed by atoms with Gasteiger partial charge in [0.25, 0.3) is 20.2 Å². The zero-order valence-corrected chi connectivity index (χ0v) is 19.9. The third-order valence-electron chi connectivity index (χ3n) is 6.17. The molecule has 2 rings (SSSR count). The van der Waals surface area contributed by atoms with E-state index in [0.717, 1.165) is 42.6 Å². The summed E-state index contributed by atoms with van der Waals surface area (Å²) >= 11 is 0. The van der Waals surface area contributed by atoms with Gasteiger partial charge in [-0.3, -0.25) is 13.9 Å². The summed E-state index contributed by atoms with van der Waals surface area (Å²) in [5.41, 5.74) is 1.98. The standard InChI is InChI=1S/C21H31NO7S2/c1-4-17(23)9-6-5-7-12-21(3)16(2)22(13-8-14-30(24,25)26)20-11-10-18(15-19(20)21)31(27,28)29/h10-11,15H,4-9,12-14H2,1-3H3,(H-,24,25,26,27,28,29)/p+1. The van der Waals surface area contributed by atoms with Crippen LogP contribution >= 0.6 is 0 Å². The van der Waals surface area contributed by atoms with E-state index in [-0.39, 0.29) is 22.9 Å². The fraction of sp³-hybridized carbons (Fsp3) is 0.619. The van der Waals surface area contributed by atoms with E-state index in [0.29, 0.717) is 19.4 Å². The number of Topliss-reactive ketones (excluding diaryl/α,β-unsaturated/α-hetero) is 1. The summed E-state index contributed by atoms with van der Waals surface area (Å²) in [5.74, 6) is -0.125. The number of ketones is 1. The largest absolute Gasteiger partial charge is 0.300 e. The first kappa shape index (κ1) is 25.6. The maximum atomic E-state index is 11.7. The SMILES string of the molecule is CCC(=O)CCCCCC1(C)C(C)=[N+](CCCS(=O)(=O)O)c2ccc(S(=O)(=O)O)cc21. The maximum Gasteiger partial charge on any atom is 0.294 e. The summed E-state index contributed by atoms with van der Waals surface area (Å²) in [7, 11) is -8.44. The third kappa shape index (κ3) is 6.44. The highest BCUT2D eigenvalue weighted by atomic mass is 32.2. The smallest absolute Gasteiger partial charge is 0.294 e. The number of unbranched alkanes of at least 4 members (excludes halogenated alkanes) is 2. The van der Waals surface area contributed by atoms with Crippen molar-refractivity contribution in [2.24, 2.45) is 0 Å². The van der Waals surface area contributed by atoms with E-state index in [9.17, 15) is 26.2 Å². The number of hydrogen-bond donors (Lipinski definition) is 2. The number of rotatable bonds is 12. The lowest BCUT2D eigenvalue weighted by molar-refractivity contribution is -0.438. The van der Waals surface area contributed by atoms with Crippen molar-refractivity contribution in [1.29, 1.82) is 0 Å². The number of benzene rings is 1. The molecule has 2 N–H and O–H groups in total. The van der Waals surface area contributed by atoms with Crippen molar-refractivity contribution >= 4 is 37.4 Å². The quantitative estimate of drug-likeness (QED) is 0.269. The average Bonchev–Trinajstić information content (AvgIpc) is 2.87. The molecule has 1 aliphatic rings. The predicted molar refractivity (Wildman–Crippen MR) is 118 cm³/mol. The first-order chi connectivity index (χ1) is 14.3. The van der Waals surface area contributed by atoms with Gasteiger partial charge in [-0.05, 0) is 31.9 Å². The molecule has 1 aliphatic heterocycles. The van der Waals surface area contributed by atoms with Crippen molar-refractivity contribution in [3.63, 3.8) is 0 Å². The Labute approximate surface area is 184 Å². The Hall–Kier alpha value is -1.62. The van der Waals surface area contributed by atoms with Gasteiger partial charge in [-0.25, -0.2) is 0 Å². The highest BCUT2D eigenvalue weighted by molar-refractivity contribution is 7.86. The number of fused-ring (bicyclic) bond motifs is 1. The topological polar surface area (TPSA) is 129 Å².